The maximum absolute atomic E-state index is 4.89. The predicted molar refractivity (Wildman–Crippen MR) is 44.6 cm³/mol. The zero-order chi connectivity index (χ0) is 7.94. The van der Waals surface area contributed by atoms with Crippen molar-refractivity contribution in [1.82, 2.24) is 4.98 Å². The van der Waals surface area contributed by atoms with Crippen molar-refractivity contribution in [1.29, 1.82) is 0 Å². The van der Waals surface area contributed by atoms with Crippen molar-refractivity contribution >= 4 is 5.69 Å². The summed E-state index contributed by atoms with van der Waals surface area (Å²) in [4.78, 5) is 3.90. The van der Waals surface area contributed by atoms with Gasteiger partial charge in [0.1, 0.15) is 0 Å². The predicted octanol–water partition coefficient (Wildman–Crippen LogP) is 1.14. The van der Waals surface area contributed by atoms with Crippen LogP contribution in [-0.2, 0) is 4.74 Å². The van der Waals surface area contributed by atoms with Gasteiger partial charge in [0.25, 0.3) is 0 Å². The van der Waals surface area contributed by atoms with Gasteiger partial charge in [-0.2, -0.15) is 0 Å². The Bertz CT molecular complexity index is 189. The Morgan fingerprint density at radius 3 is 2.82 bits per heavy atom. The highest BCUT2D eigenvalue weighted by Crippen LogP contribution is 2.01. The lowest BCUT2D eigenvalue weighted by molar-refractivity contribution is 0.211. The molecule has 1 N–H and O–H groups in total. The second kappa shape index (κ2) is 4.68. The average Bonchev–Trinajstić information content (AvgIpc) is 2.07. The van der Waals surface area contributed by atoms with Gasteiger partial charge in [0.15, 0.2) is 0 Å². The molecule has 0 aliphatic carbocycles. The van der Waals surface area contributed by atoms with Crippen LogP contribution in [0.4, 0.5) is 5.69 Å². The Balaban J connectivity index is 2.28. The molecule has 0 saturated carbocycles. The first-order chi connectivity index (χ1) is 5.43. The van der Waals surface area contributed by atoms with Gasteiger partial charge in [-0.25, -0.2) is 0 Å². The molecule has 3 heteroatoms. The van der Waals surface area contributed by atoms with E-state index in [2.05, 4.69) is 10.3 Å². The minimum atomic E-state index is 0.725. The molecule has 0 aliphatic heterocycles. The molecule has 0 unspecified atom stereocenters. The summed E-state index contributed by atoms with van der Waals surface area (Å²) >= 11 is 0. The molecule has 0 radical (unpaired) electrons. The summed E-state index contributed by atoms with van der Waals surface area (Å²) in [7, 11) is 1.69. The van der Waals surface area contributed by atoms with Gasteiger partial charge in [-0.05, 0) is 12.1 Å². The smallest absolute Gasteiger partial charge is 0.0635 e. The summed E-state index contributed by atoms with van der Waals surface area (Å²) in [6.45, 7) is 1.56. The van der Waals surface area contributed by atoms with E-state index in [1.165, 1.54) is 0 Å². The summed E-state index contributed by atoms with van der Waals surface area (Å²) in [5, 5.41) is 3.18. The Labute approximate surface area is 66.4 Å². The van der Waals surface area contributed by atoms with Crippen LogP contribution in [0.15, 0.2) is 24.5 Å². The molecule has 0 atom stereocenters. The second-order valence-corrected chi connectivity index (χ2v) is 2.16. The van der Waals surface area contributed by atoms with Gasteiger partial charge < -0.3 is 10.1 Å². The molecule has 60 valence electrons. The maximum atomic E-state index is 4.89. The van der Waals surface area contributed by atoms with E-state index >= 15 is 0 Å². The lowest BCUT2D eigenvalue weighted by Crippen LogP contribution is -2.07. The fourth-order valence-corrected chi connectivity index (χ4v) is 0.767. The zero-order valence-corrected chi connectivity index (χ0v) is 6.58. The third kappa shape index (κ3) is 3.00. The highest BCUT2D eigenvalue weighted by atomic mass is 16.5. The normalized spacial score (nSPS) is 9.55. The number of nitrogens with one attached hydrogen (secondary N) is 1. The van der Waals surface area contributed by atoms with Crippen LogP contribution in [0.25, 0.3) is 0 Å². The molecule has 1 aromatic rings. The van der Waals surface area contributed by atoms with E-state index in [1.54, 1.807) is 19.5 Å². The van der Waals surface area contributed by atoms with E-state index in [1.807, 2.05) is 12.1 Å². The van der Waals surface area contributed by atoms with E-state index < -0.39 is 0 Å². The molecule has 0 amide bonds. The molecule has 0 aromatic carbocycles. The Morgan fingerprint density at radius 1 is 1.45 bits per heavy atom. The van der Waals surface area contributed by atoms with E-state index in [0.717, 1.165) is 18.8 Å². The van der Waals surface area contributed by atoms with Gasteiger partial charge in [0.2, 0.25) is 0 Å². The standard InChI is InChI=1S/C8H12N2O/c1-11-7-6-10-8-2-4-9-5-3-8/h2-5H,6-7H2,1H3,(H,9,10). The minimum Gasteiger partial charge on any atom is -0.383 e. The molecule has 0 fully saturated rings. The molecule has 3 nitrogen and oxygen atoms in total. The van der Waals surface area contributed by atoms with Crippen molar-refractivity contribution in [2.24, 2.45) is 0 Å². The van der Waals surface area contributed by atoms with Crippen LogP contribution in [0.2, 0.25) is 0 Å². The van der Waals surface area contributed by atoms with Gasteiger partial charge in [0, 0.05) is 31.7 Å². The van der Waals surface area contributed by atoms with E-state index in [0.29, 0.717) is 0 Å². The molecule has 1 aromatic heterocycles. The number of rotatable bonds is 4. The molecule has 0 bridgehead atoms. The molecule has 1 rings (SSSR count). The lowest BCUT2D eigenvalue weighted by Gasteiger charge is -2.03. The number of methoxy groups -OCH3 is 1. The van der Waals surface area contributed by atoms with Crippen LogP contribution >= 0.6 is 0 Å². The number of ether oxygens (including phenoxy) is 1. The molecule has 0 saturated heterocycles. The van der Waals surface area contributed by atoms with Crippen LogP contribution in [0.1, 0.15) is 0 Å². The third-order valence-corrected chi connectivity index (χ3v) is 1.32. The Morgan fingerprint density at radius 2 is 2.18 bits per heavy atom. The highest BCUT2D eigenvalue weighted by Gasteiger charge is 1.86. The average molecular weight is 152 g/mol. The first-order valence-corrected chi connectivity index (χ1v) is 3.56. The largest absolute Gasteiger partial charge is 0.383 e. The third-order valence-electron chi connectivity index (χ3n) is 1.32. The second-order valence-electron chi connectivity index (χ2n) is 2.16. The van der Waals surface area contributed by atoms with Gasteiger partial charge in [-0.15, -0.1) is 0 Å². The van der Waals surface area contributed by atoms with Crippen molar-refractivity contribution in [3.63, 3.8) is 0 Å². The number of hydrogen-bond donors (Lipinski definition) is 1. The van der Waals surface area contributed by atoms with Crippen LogP contribution in [0.5, 0.6) is 0 Å². The number of nitrogens with zero attached hydrogens (tertiary/aromatic N) is 1. The first kappa shape index (κ1) is 8.01. The molecular weight excluding hydrogens is 140 g/mol. The summed E-state index contributed by atoms with van der Waals surface area (Å²) in [5.41, 5.74) is 1.08. The maximum Gasteiger partial charge on any atom is 0.0635 e. The zero-order valence-electron chi connectivity index (χ0n) is 6.58. The summed E-state index contributed by atoms with van der Waals surface area (Å²) in [6, 6.07) is 3.85. The topological polar surface area (TPSA) is 34.1 Å². The fourth-order valence-electron chi connectivity index (χ4n) is 0.767. The van der Waals surface area contributed by atoms with Gasteiger partial charge in [0.05, 0.1) is 6.61 Å². The Kier molecular flexibility index (Phi) is 3.41. The Hall–Kier alpha value is -1.09. The first-order valence-electron chi connectivity index (χ1n) is 3.56. The minimum absolute atomic E-state index is 0.725. The van der Waals surface area contributed by atoms with E-state index in [-0.39, 0.29) is 0 Å². The van der Waals surface area contributed by atoms with E-state index in [9.17, 15) is 0 Å². The molecule has 0 aliphatic rings. The SMILES string of the molecule is COCCNc1ccncc1. The van der Waals surface area contributed by atoms with Crippen molar-refractivity contribution in [3.05, 3.63) is 24.5 Å². The lowest BCUT2D eigenvalue weighted by atomic mass is 10.4. The molecular formula is C8H12N2O. The summed E-state index contributed by atoms with van der Waals surface area (Å²) in [6.07, 6.45) is 3.52. The van der Waals surface area contributed by atoms with Crippen LogP contribution < -0.4 is 5.32 Å². The molecule has 0 spiro atoms. The highest BCUT2D eigenvalue weighted by molar-refractivity contribution is 5.40. The molecule has 1 heterocycles. The number of aromatic nitrogens is 1. The van der Waals surface area contributed by atoms with Crippen molar-refractivity contribution in [2.75, 3.05) is 25.6 Å². The van der Waals surface area contributed by atoms with Crippen molar-refractivity contribution in [3.8, 4) is 0 Å². The van der Waals surface area contributed by atoms with Gasteiger partial charge in [-0.3, -0.25) is 4.98 Å². The number of hydrogen-bond acceptors (Lipinski definition) is 3. The van der Waals surface area contributed by atoms with Crippen LogP contribution in [0, 0.1) is 0 Å². The van der Waals surface area contributed by atoms with Crippen LogP contribution in [-0.4, -0.2) is 25.2 Å². The van der Waals surface area contributed by atoms with E-state index in [4.69, 9.17) is 4.74 Å². The van der Waals surface area contributed by atoms with Crippen molar-refractivity contribution < 1.29 is 4.74 Å². The quantitative estimate of drug-likeness (QED) is 0.657. The number of anilines is 1. The fraction of sp³-hybridized carbons (Fsp3) is 0.375. The summed E-state index contributed by atoms with van der Waals surface area (Å²) < 4.78 is 4.89. The monoisotopic (exact) mass is 152 g/mol. The van der Waals surface area contributed by atoms with Gasteiger partial charge in [-0.1, -0.05) is 0 Å². The number of pyridine rings is 1. The van der Waals surface area contributed by atoms with Crippen LogP contribution in [0.3, 0.4) is 0 Å². The molecule has 11 heavy (non-hydrogen) atoms. The summed E-state index contributed by atoms with van der Waals surface area (Å²) in [5.74, 6) is 0. The van der Waals surface area contributed by atoms with Gasteiger partial charge >= 0.3 is 0 Å². The van der Waals surface area contributed by atoms with Crippen molar-refractivity contribution in [2.45, 2.75) is 0 Å².